The summed E-state index contributed by atoms with van der Waals surface area (Å²) in [6.07, 6.45) is 3.83. The molecule has 1 aromatic carbocycles. The third-order valence-electron chi connectivity index (χ3n) is 4.92. The molecule has 1 aliphatic heterocycles. The number of rotatable bonds is 9. The van der Waals surface area contributed by atoms with Gasteiger partial charge in [0.05, 0.1) is 19.3 Å². The number of anilines is 1. The number of halogens is 1. The number of aromatic nitrogens is 1. The van der Waals surface area contributed by atoms with Crippen molar-refractivity contribution in [3.63, 3.8) is 0 Å². The van der Waals surface area contributed by atoms with Crippen LogP contribution in [-0.2, 0) is 10.0 Å². The van der Waals surface area contributed by atoms with Crippen molar-refractivity contribution < 1.29 is 13.2 Å². The molecule has 2 heterocycles. The van der Waals surface area contributed by atoms with Crippen LogP contribution < -0.4 is 25.0 Å². The topological polar surface area (TPSA) is 108 Å². The lowest BCUT2D eigenvalue weighted by atomic mass is 10.2. The van der Waals surface area contributed by atoms with Gasteiger partial charge in [0, 0.05) is 44.6 Å². The number of hydrogen-bond donors (Lipinski definition) is 3. The Labute approximate surface area is 207 Å². The van der Waals surface area contributed by atoms with E-state index in [4.69, 9.17) is 4.74 Å². The van der Waals surface area contributed by atoms with E-state index in [9.17, 15) is 8.42 Å². The number of para-hydroxylation sites is 2. The number of methoxy groups -OCH3 is 1. The van der Waals surface area contributed by atoms with Crippen LogP contribution in [0.5, 0.6) is 5.75 Å². The minimum absolute atomic E-state index is 0. The molecule has 0 radical (unpaired) electrons. The zero-order valence-corrected chi connectivity index (χ0v) is 21.5. The first-order valence-corrected chi connectivity index (χ1v) is 11.8. The Balaban J connectivity index is 0.00000363. The Bertz CT molecular complexity index is 975. The van der Waals surface area contributed by atoms with E-state index in [1.165, 1.54) is 18.5 Å². The molecule has 2 aromatic rings. The summed E-state index contributed by atoms with van der Waals surface area (Å²) < 4.78 is 32.6. The van der Waals surface area contributed by atoms with Crippen LogP contribution >= 0.6 is 24.0 Å². The summed E-state index contributed by atoms with van der Waals surface area (Å²) in [5, 5.41) is 6.68. The Morgan fingerprint density at radius 3 is 2.81 bits per heavy atom. The lowest BCUT2D eigenvalue weighted by Gasteiger charge is -2.22. The van der Waals surface area contributed by atoms with E-state index >= 15 is 0 Å². The van der Waals surface area contributed by atoms with Gasteiger partial charge in [-0.25, -0.2) is 13.1 Å². The number of pyridine rings is 1. The van der Waals surface area contributed by atoms with Crippen molar-refractivity contribution in [1.82, 2.24) is 20.3 Å². The van der Waals surface area contributed by atoms with Crippen LogP contribution in [0.1, 0.15) is 13.3 Å². The van der Waals surface area contributed by atoms with E-state index < -0.39 is 10.0 Å². The molecule has 1 aromatic heterocycles. The predicted molar refractivity (Wildman–Crippen MR) is 138 cm³/mol. The van der Waals surface area contributed by atoms with Crippen LogP contribution in [0.3, 0.4) is 0 Å². The van der Waals surface area contributed by atoms with Gasteiger partial charge in [-0.05, 0) is 37.6 Å². The summed E-state index contributed by atoms with van der Waals surface area (Å²) in [5.74, 6) is 1.54. The molecular weight excluding hydrogens is 543 g/mol. The smallest absolute Gasteiger partial charge is 0.242 e. The Morgan fingerprint density at radius 1 is 1.28 bits per heavy atom. The normalized spacial score (nSPS) is 16.4. The molecular formula is C21H31IN6O3S. The second-order valence-electron chi connectivity index (χ2n) is 7.09. The molecule has 176 valence electrons. The highest BCUT2D eigenvalue weighted by Gasteiger charge is 2.25. The van der Waals surface area contributed by atoms with Crippen LogP contribution in [0, 0.1) is 0 Å². The number of guanidine groups is 1. The van der Waals surface area contributed by atoms with E-state index in [2.05, 4.69) is 36.3 Å². The predicted octanol–water partition coefficient (Wildman–Crippen LogP) is 1.82. The monoisotopic (exact) mass is 574 g/mol. The average Bonchev–Trinajstić information content (AvgIpc) is 3.25. The Hall–Kier alpha value is -2.12. The molecule has 0 aliphatic carbocycles. The fourth-order valence-corrected chi connectivity index (χ4v) is 4.42. The standard InChI is InChI=1S/C21H30N6O3S.HI/c1-3-23-21(24-12-13-25-31(28,29)18-7-6-11-22-15-18)26-17-10-14-27(16-17)19-8-4-5-9-20(19)30-2;/h4-9,11,15,17,25H,3,10,12-14,16H2,1-2H3,(H2,23,24,26);1H. The number of hydrogen-bond acceptors (Lipinski definition) is 6. The zero-order valence-electron chi connectivity index (χ0n) is 18.3. The van der Waals surface area contributed by atoms with Gasteiger partial charge in [0.15, 0.2) is 5.96 Å². The fraction of sp³-hybridized carbons (Fsp3) is 0.429. The van der Waals surface area contributed by atoms with Gasteiger partial charge >= 0.3 is 0 Å². The summed E-state index contributed by atoms with van der Waals surface area (Å²) in [4.78, 5) is 10.8. The van der Waals surface area contributed by atoms with Crippen molar-refractivity contribution in [3.8, 4) is 5.75 Å². The highest BCUT2D eigenvalue weighted by molar-refractivity contribution is 14.0. The van der Waals surface area contributed by atoms with Crippen molar-refractivity contribution in [1.29, 1.82) is 0 Å². The molecule has 11 heteroatoms. The summed E-state index contributed by atoms with van der Waals surface area (Å²) in [6, 6.07) is 11.3. The number of aliphatic imine (C=N–C) groups is 1. The SMILES string of the molecule is CCNC(=NCCNS(=O)(=O)c1cccnc1)NC1CCN(c2ccccc2OC)C1.I. The average molecular weight is 574 g/mol. The van der Waals surface area contributed by atoms with E-state index in [1.807, 2.05) is 25.1 Å². The van der Waals surface area contributed by atoms with Gasteiger partial charge in [-0.1, -0.05) is 12.1 Å². The largest absolute Gasteiger partial charge is 0.495 e. The maximum atomic E-state index is 12.3. The van der Waals surface area contributed by atoms with Crippen LogP contribution in [0.15, 0.2) is 58.7 Å². The quantitative estimate of drug-likeness (QED) is 0.182. The van der Waals surface area contributed by atoms with Crippen molar-refractivity contribution in [2.24, 2.45) is 4.99 Å². The molecule has 0 bridgehead atoms. The lowest BCUT2D eigenvalue weighted by molar-refractivity contribution is 0.415. The van der Waals surface area contributed by atoms with Gasteiger partial charge in [0.2, 0.25) is 10.0 Å². The van der Waals surface area contributed by atoms with Gasteiger partial charge < -0.3 is 20.3 Å². The van der Waals surface area contributed by atoms with E-state index in [0.717, 1.165) is 37.5 Å². The van der Waals surface area contributed by atoms with Crippen LogP contribution in [0.4, 0.5) is 5.69 Å². The van der Waals surface area contributed by atoms with Crippen LogP contribution in [-0.4, -0.2) is 65.2 Å². The van der Waals surface area contributed by atoms with E-state index in [0.29, 0.717) is 12.5 Å². The van der Waals surface area contributed by atoms with Gasteiger partial charge in [0.1, 0.15) is 10.6 Å². The highest BCUT2D eigenvalue weighted by atomic mass is 127. The Kier molecular flexibility index (Phi) is 10.5. The number of benzene rings is 1. The minimum Gasteiger partial charge on any atom is -0.495 e. The molecule has 9 nitrogen and oxygen atoms in total. The van der Waals surface area contributed by atoms with Crippen LogP contribution in [0.2, 0.25) is 0 Å². The first-order valence-electron chi connectivity index (χ1n) is 10.4. The molecule has 1 unspecified atom stereocenters. The summed E-state index contributed by atoms with van der Waals surface area (Å²) >= 11 is 0. The second kappa shape index (κ2) is 12.8. The van der Waals surface area contributed by atoms with Gasteiger partial charge in [0.25, 0.3) is 0 Å². The zero-order chi connectivity index (χ0) is 22.1. The van der Waals surface area contributed by atoms with Gasteiger partial charge in [-0.15, -0.1) is 24.0 Å². The van der Waals surface area contributed by atoms with Gasteiger partial charge in [-0.3, -0.25) is 9.98 Å². The number of sulfonamides is 1. The second-order valence-corrected chi connectivity index (χ2v) is 8.86. The molecule has 1 saturated heterocycles. The highest BCUT2D eigenvalue weighted by Crippen LogP contribution is 2.30. The number of nitrogens with zero attached hydrogens (tertiary/aromatic N) is 3. The molecule has 1 atom stereocenters. The third kappa shape index (κ3) is 7.20. The molecule has 0 spiro atoms. The fourth-order valence-electron chi connectivity index (χ4n) is 3.44. The lowest BCUT2D eigenvalue weighted by Crippen LogP contribution is -2.45. The summed E-state index contributed by atoms with van der Waals surface area (Å²) in [6.45, 7) is 4.98. The molecule has 3 rings (SSSR count). The van der Waals surface area contributed by atoms with E-state index in [-0.39, 0.29) is 41.5 Å². The summed E-state index contributed by atoms with van der Waals surface area (Å²) in [5.41, 5.74) is 1.08. The maximum Gasteiger partial charge on any atom is 0.242 e. The maximum absolute atomic E-state index is 12.3. The molecule has 0 amide bonds. The molecule has 1 aliphatic rings. The van der Waals surface area contributed by atoms with Crippen molar-refractivity contribution in [2.45, 2.75) is 24.3 Å². The minimum atomic E-state index is -3.58. The van der Waals surface area contributed by atoms with Crippen molar-refractivity contribution in [3.05, 3.63) is 48.8 Å². The molecule has 0 saturated carbocycles. The van der Waals surface area contributed by atoms with Crippen molar-refractivity contribution in [2.75, 3.05) is 44.7 Å². The third-order valence-corrected chi connectivity index (χ3v) is 6.36. The molecule has 3 N–H and O–H groups in total. The molecule has 32 heavy (non-hydrogen) atoms. The summed E-state index contributed by atoms with van der Waals surface area (Å²) in [7, 11) is -1.89. The number of nitrogens with one attached hydrogen (secondary N) is 3. The van der Waals surface area contributed by atoms with Gasteiger partial charge in [-0.2, -0.15) is 0 Å². The van der Waals surface area contributed by atoms with Crippen molar-refractivity contribution >= 4 is 45.6 Å². The Morgan fingerprint density at radius 2 is 2.09 bits per heavy atom. The van der Waals surface area contributed by atoms with Crippen LogP contribution in [0.25, 0.3) is 0 Å². The van der Waals surface area contributed by atoms with E-state index in [1.54, 1.807) is 13.2 Å². The first-order chi connectivity index (χ1) is 15.0. The first kappa shape index (κ1) is 26.1. The molecule has 1 fully saturated rings. The number of ether oxygens (including phenoxy) is 1.